The van der Waals surface area contributed by atoms with Gasteiger partial charge < -0.3 is 19.7 Å². The van der Waals surface area contributed by atoms with Crippen molar-refractivity contribution < 1.29 is 24.2 Å². The van der Waals surface area contributed by atoms with E-state index in [4.69, 9.17) is 5.11 Å². The number of H-pyrrole nitrogens is 1. The molecule has 0 saturated carbocycles. The van der Waals surface area contributed by atoms with E-state index in [2.05, 4.69) is 14.7 Å². The summed E-state index contributed by atoms with van der Waals surface area (Å²) in [7, 11) is 1.22. The number of nitrogens with one attached hydrogen (secondary N) is 1. The summed E-state index contributed by atoms with van der Waals surface area (Å²) in [6, 6.07) is 0. The molecule has 0 aliphatic heterocycles. The first-order chi connectivity index (χ1) is 9.01. The van der Waals surface area contributed by atoms with Gasteiger partial charge in [-0.3, -0.25) is 9.59 Å². The van der Waals surface area contributed by atoms with Crippen molar-refractivity contribution in [2.45, 2.75) is 13.3 Å². The number of carbonyl (C=O) groups excluding carboxylic acids is 2. The number of imidazole rings is 1. The Morgan fingerprint density at radius 2 is 2.16 bits per heavy atom. The van der Waals surface area contributed by atoms with Crippen LogP contribution in [0.4, 0.5) is 0 Å². The smallest absolute Gasteiger partial charge is 0.354 e. The number of ether oxygens (including phenoxy) is 1. The fourth-order valence-corrected chi connectivity index (χ4v) is 1.51. The number of hydrogen-bond acceptors (Lipinski definition) is 5. The zero-order valence-corrected chi connectivity index (χ0v) is 10.7. The van der Waals surface area contributed by atoms with Crippen LogP contribution in [-0.2, 0) is 9.53 Å². The highest BCUT2D eigenvalue weighted by Crippen LogP contribution is 2.08. The van der Waals surface area contributed by atoms with Crippen LogP contribution in [0.25, 0.3) is 0 Å². The number of esters is 1. The van der Waals surface area contributed by atoms with Crippen molar-refractivity contribution in [2.75, 3.05) is 20.2 Å². The largest absolute Gasteiger partial charge is 0.477 e. The van der Waals surface area contributed by atoms with E-state index in [0.29, 0.717) is 13.0 Å². The summed E-state index contributed by atoms with van der Waals surface area (Å²) in [6.45, 7) is 1.90. The molecule has 104 valence electrons. The molecule has 0 fully saturated rings. The van der Waals surface area contributed by atoms with Gasteiger partial charge >= 0.3 is 11.9 Å². The van der Waals surface area contributed by atoms with Crippen LogP contribution in [0, 0.1) is 0 Å². The predicted octanol–water partition coefficient (Wildman–Crippen LogP) is 0.133. The van der Waals surface area contributed by atoms with Crippen LogP contribution in [0.1, 0.15) is 34.3 Å². The summed E-state index contributed by atoms with van der Waals surface area (Å²) < 4.78 is 4.49. The van der Waals surface area contributed by atoms with Crippen molar-refractivity contribution in [3.63, 3.8) is 0 Å². The number of hydrogen-bond donors (Lipinski definition) is 2. The standard InChI is InChI=1S/C11H15N3O5/c1-3-4-14(5-7(15)19-2)10(16)8-9(11(17)18)13-6-12-8/h6H,3-5H2,1-2H3,(H,12,13)(H,17,18). The van der Waals surface area contributed by atoms with Crippen molar-refractivity contribution in [3.8, 4) is 0 Å². The molecule has 1 rings (SSSR count). The van der Waals surface area contributed by atoms with E-state index in [1.807, 2.05) is 6.92 Å². The number of methoxy groups -OCH3 is 1. The molecule has 1 aromatic rings. The van der Waals surface area contributed by atoms with E-state index >= 15 is 0 Å². The number of aromatic amines is 1. The van der Waals surface area contributed by atoms with E-state index in [0.717, 1.165) is 6.33 Å². The molecule has 1 amide bonds. The van der Waals surface area contributed by atoms with Crippen molar-refractivity contribution >= 4 is 17.8 Å². The fourth-order valence-electron chi connectivity index (χ4n) is 1.51. The summed E-state index contributed by atoms with van der Waals surface area (Å²) in [6.07, 6.45) is 1.74. The summed E-state index contributed by atoms with van der Waals surface area (Å²) >= 11 is 0. The minimum absolute atomic E-state index is 0.218. The number of carbonyl (C=O) groups is 3. The van der Waals surface area contributed by atoms with Gasteiger partial charge in [0, 0.05) is 6.54 Å². The van der Waals surface area contributed by atoms with E-state index < -0.39 is 17.8 Å². The quantitative estimate of drug-likeness (QED) is 0.710. The lowest BCUT2D eigenvalue weighted by molar-refractivity contribution is -0.141. The van der Waals surface area contributed by atoms with Crippen LogP contribution in [-0.4, -0.2) is 58.0 Å². The van der Waals surface area contributed by atoms with E-state index in [1.165, 1.54) is 12.0 Å². The molecule has 2 N–H and O–H groups in total. The second kappa shape index (κ2) is 6.53. The average molecular weight is 269 g/mol. The molecular formula is C11H15N3O5. The predicted molar refractivity (Wildman–Crippen MR) is 63.8 cm³/mol. The van der Waals surface area contributed by atoms with Crippen LogP contribution in [0.2, 0.25) is 0 Å². The highest BCUT2D eigenvalue weighted by atomic mass is 16.5. The van der Waals surface area contributed by atoms with Crippen molar-refractivity contribution in [1.82, 2.24) is 14.9 Å². The Morgan fingerprint density at radius 3 is 2.68 bits per heavy atom. The van der Waals surface area contributed by atoms with Gasteiger partial charge in [0.1, 0.15) is 6.54 Å². The average Bonchev–Trinajstić information content (AvgIpc) is 2.86. The second-order valence-electron chi connectivity index (χ2n) is 3.73. The Balaban J connectivity index is 2.95. The lowest BCUT2D eigenvalue weighted by atomic mass is 10.2. The first kappa shape index (κ1) is 14.7. The summed E-state index contributed by atoms with van der Waals surface area (Å²) in [5, 5.41) is 8.91. The Hall–Kier alpha value is -2.38. The molecule has 1 aromatic heterocycles. The van der Waals surface area contributed by atoms with Gasteiger partial charge in [0.15, 0.2) is 11.4 Å². The summed E-state index contributed by atoms with van der Waals surface area (Å²) in [5.74, 6) is -2.48. The van der Waals surface area contributed by atoms with Crippen LogP contribution >= 0.6 is 0 Å². The van der Waals surface area contributed by atoms with Crippen molar-refractivity contribution in [2.24, 2.45) is 0 Å². The maximum Gasteiger partial charge on any atom is 0.354 e. The minimum Gasteiger partial charge on any atom is -0.477 e. The van der Waals surface area contributed by atoms with Gasteiger partial charge in [0.2, 0.25) is 0 Å². The third kappa shape index (κ3) is 3.54. The molecular weight excluding hydrogens is 254 g/mol. The molecule has 0 spiro atoms. The Kier molecular flexibility index (Phi) is 5.04. The third-order valence-electron chi connectivity index (χ3n) is 2.38. The number of aromatic nitrogens is 2. The molecule has 0 atom stereocenters. The minimum atomic E-state index is -1.28. The van der Waals surface area contributed by atoms with Gasteiger partial charge in [-0.05, 0) is 6.42 Å². The van der Waals surface area contributed by atoms with Crippen LogP contribution in [0.5, 0.6) is 0 Å². The molecule has 8 heteroatoms. The molecule has 0 radical (unpaired) electrons. The summed E-state index contributed by atoms with van der Waals surface area (Å²) in [5.41, 5.74) is -0.513. The van der Waals surface area contributed by atoms with Gasteiger partial charge in [0.05, 0.1) is 13.4 Å². The molecule has 0 aromatic carbocycles. The Labute approximate surface area is 109 Å². The highest BCUT2D eigenvalue weighted by molar-refractivity contribution is 6.02. The molecule has 1 heterocycles. The van der Waals surface area contributed by atoms with E-state index in [1.54, 1.807) is 0 Å². The van der Waals surface area contributed by atoms with Gasteiger partial charge in [0.25, 0.3) is 5.91 Å². The molecule has 0 saturated heterocycles. The lowest BCUT2D eigenvalue weighted by Crippen LogP contribution is -2.37. The van der Waals surface area contributed by atoms with E-state index in [-0.39, 0.29) is 17.9 Å². The number of rotatable bonds is 6. The maximum absolute atomic E-state index is 12.1. The maximum atomic E-state index is 12.1. The van der Waals surface area contributed by atoms with Gasteiger partial charge in [-0.25, -0.2) is 9.78 Å². The van der Waals surface area contributed by atoms with Gasteiger partial charge in [-0.1, -0.05) is 6.92 Å². The topological polar surface area (TPSA) is 113 Å². The molecule has 0 aliphatic carbocycles. The SMILES string of the molecule is CCCN(CC(=O)OC)C(=O)c1nc[nH]c1C(=O)O. The first-order valence-electron chi connectivity index (χ1n) is 5.64. The number of aromatic carboxylic acids is 1. The van der Waals surface area contributed by atoms with Crippen LogP contribution in [0.3, 0.4) is 0 Å². The van der Waals surface area contributed by atoms with Gasteiger partial charge in [-0.15, -0.1) is 0 Å². The zero-order valence-electron chi connectivity index (χ0n) is 10.7. The number of amides is 1. The Bertz CT molecular complexity index is 482. The Morgan fingerprint density at radius 1 is 1.47 bits per heavy atom. The van der Waals surface area contributed by atoms with Crippen LogP contribution in [0.15, 0.2) is 6.33 Å². The fraction of sp³-hybridized carbons (Fsp3) is 0.455. The number of nitrogens with zero attached hydrogens (tertiary/aromatic N) is 2. The second-order valence-corrected chi connectivity index (χ2v) is 3.73. The van der Waals surface area contributed by atoms with E-state index in [9.17, 15) is 14.4 Å². The molecule has 19 heavy (non-hydrogen) atoms. The monoisotopic (exact) mass is 269 g/mol. The van der Waals surface area contributed by atoms with Crippen molar-refractivity contribution in [1.29, 1.82) is 0 Å². The normalized spacial score (nSPS) is 10.0. The van der Waals surface area contributed by atoms with Crippen LogP contribution < -0.4 is 0 Å². The zero-order chi connectivity index (χ0) is 14.4. The molecule has 0 unspecified atom stereocenters. The van der Waals surface area contributed by atoms with Crippen molar-refractivity contribution in [3.05, 3.63) is 17.7 Å². The lowest BCUT2D eigenvalue weighted by Gasteiger charge is -2.19. The third-order valence-corrected chi connectivity index (χ3v) is 2.38. The summed E-state index contributed by atoms with van der Waals surface area (Å²) in [4.78, 5) is 41.6. The molecule has 0 aliphatic rings. The number of carboxylic acids is 1. The molecule has 8 nitrogen and oxygen atoms in total. The first-order valence-corrected chi connectivity index (χ1v) is 5.64. The number of carboxylic acid groups (broad SMARTS) is 1. The van der Waals surface area contributed by atoms with Gasteiger partial charge in [-0.2, -0.15) is 0 Å². The highest BCUT2D eigenvalue weighted by Gasteiger charge is 2.25. The molecule has 0 bridgehead atoms.